The number of rotatable bonds is 0. The third-order valence-electron chi connectivity index (χ3n) is 6.19. The van der Waals surface area contributed by atoms with E-state index in [1.54, 1.807) is 0 Å². The van der Waals surface area contributed by atoms with E-state index in [2.05, 4.69) is 17.0 Å². The molecule has 1 atom stereocenters. The van der Waals surface area contributed by atoms with Crippen molar-refractivity contribution in [2.75, 3.05) is 4.90 Å². The summed E-state index contributed by atoms with van der Waals surface area (Å²) in [6.07, 6.45) is 0. The Morgan fingerprint density at radius 2 is 1.10 bits per heavy atom. The third-order valence-corrected chi connectivity index (χ3v) is 11.0. The molecule has 4 nitrogen and oxygen atoms in total. The third kappa shape index (κ3) is 1.55. The van der Waals surface area contributed by atoms with Gasteiger partial charge in [0.05, 0.1) is 33.3 Å². The highest BCUT2D eigenvalue weighted by Crippen LogP contribution is 2.67. The summed E-state index contributed by atoms with van der Waals surface area (Å²) in [7, 11) is 0. The highest BCUT2D eigenvalue weighted by molar-refractivity contribution is 8.26. The maximum atomic E-state index is 6.64. The molecule has 0 radical (unpaired) electrons. The molecule has 30 heavy (non-hydrogen) atoms. The molecule has 0 N–H and O–H groups in total. The molecule has 0 spiro atoms. The fourth-order valence-corrected chi connectivity index (χ4v) is 10.1. The molecule has 0 bridgehead atoms. The molecule has 4 heterocycles. The van der Waals surface area contributed by atoms with Gasteiger partial charge in [-0.25, -0.2) is 0 Å². The van der Waals surface area contributed by atoms with Gasteiger partial charge in [-0.1, -0.05) is 36.1 Å². The van der Waals surface area contributed by atoms with E-state index in [0.717, 1.165) is 67.5 Å². The summed E-state index contributed by atoms with van der Waals surface area (Å²) in [5, 5.41) is 3.18. The van der Waals surface area contributed by atoms with Gasteiger partial charge in [0.15, 0.2) is 11.5 Å². The Labute approximate surface area is 177 Å². The second-order valence-corrected chi connectivity index (χ2v) is 11.9. The fraction of sp³-hybridized carbons (Fsp3) is 0. The van der Waals surface area contributed by atoms with Crippen LogP contribution in [0.2, 0.25) is 0 Å². The molecule has 4 aromatic carbocycles. The second-order valence-electron chi connectivity index (χ2n) is 7.70. The SMILES string of the molecule is S=P12c3c4cccc3Oc3ccc5c(c31)N(c1ccccc1O5)c1cccc(c12)O4. The summed E-state index contributed by atoms with van der Waals surface area (Å²) in [4.78, 5) is 2.27. The van der Waals surface area contributed by atoms with E-state index >= 15 is 0 Å². The molecule has 0 fully saturated rings. The van der Waals surface area contributed by atoms with Crippen molar-refractivity contribution in [2.45, 2.75) is 0 Å². The lowest BCUT2D eigenvalue weighted by Crippen LogP contribution is -2.43. The van der Waals surface area contributed by atoms with Crippen molar-refractivity contribution in [3.05, 3.63) is 72.8 Å². The summed E-state index contributed by atoms with van der Waals surface area (Å²) in [5.74, 6) is 4.89. The van der Waals surface area contributed by atoms with E-state index in [4.69, 9.17) is 26.0 Å². The first-order valence-corrected chi connectivity index (χ1v) is 12.5. The number of hydrogen-bond acceptors (Lipinski definition) is 5. The number of anilines is 3. The van der Waals surface area contributed by atoms with Crippen LogP contribution >= 0.6 is 6.04 Å². The smallest absolute Gasteiger partial charge is 0.152 e. The molecule has 0 aliphatic carbocycles. The summed E-state index contributed by atoms with van der Waals surface area (Å²) in [6.45, 7) is 0. The molecule has 1 unspecified atom stereocenters. The number of nitrogens with zero attached hydrogens (tertiary/aromatic N) is 1. The van der Waals surface area contributed by atoms with Crippen LogP contribution in [-0.4, -0.2) is 0 Å². The standard InChI is InChI=1S/C24H12NO3PS/c30-29-22-14-6-3-8-17(22)27-18-9-4-10-19(23(18)29)28-20-12-11-16-21(24(20)29)25(14)13-5-1-2-7-15(13)26-16/h1-12H. The van der Waals surface area contributed by atoms with Gasteiger partial charge in [0.2, 0.25) is 0 Å². The topological polar surface area (TPSA) is 30.9 Å². The van der Waals surface area contributed by atoms with Gasteiger partial charge in [0.25, 0.3) is 0 Å². The molecule has 8 rings (SSSR count). The molecule has 0 saturated heterocycles. The highest BCUT2D eigenvalue weighted by Gasteiger charge is 2.51. The van der Waals surface area contributed by atoms with Crippen LogP contribution in [0.3, 0.4) is 0 Å². The average molecular weight is 425 g/mol. The number of fused-ring (bicyclic) bond motifs is 3. The van der Waals surface area contributed by atoms with Gasteiger partial charge in [-0.3, -0.25) is 0 Å². The minimum Gasteiger partial charge on any atom is -0.456 e. The zero-order valence-electron chi connectivity index (χ0n) is 15.5. The summed E-state index contributed by atoms with van der Waals surface area (Å²) in [5.41, 5.74) is 3.07. The van der Waals surface area contributed by atoms with Crippen LogP contribution in [0.25, 0.3) is 0 Å². The molecular formula is C24H12NO3PS. The van der Waals surface area contributed by atoms with E-state index in [1.807, 2.05) is 60.7 Å². The summed E-state index contributed by atoms with van der Waals surface area (Å²) < 4.78 is 19.1. The minimum atomic E-state index is -2.38. The number of benzene rings is 4. The summed E-state index contributed by atoms with van der Waals surface area (Å²) in [6, 6.07) is 21.9. The lowest BCUT2D eigenvalue weighted by atomic mass is 10.1. The van der Waals surface area contributed by atoms with E-state index in [1.165, 1.54) is 0 Å². The Balaban J connectivity index is 1.61. The van der Waals surface area contributed by atoms with Crippen molar-refractivity contribution < 1.29 is 14.2 Å². The second kappa shape index (κ2) is 4.89. The average Bonchev–Trinajstić information content (AvgIpc) is 2.77. The maximum absolute atomic E-state index is 6.64. The fourth-order valence-electron chi connectivity index (χ4n) is 5.08. The Hall–Kier alpha value is -3.27. The maximum Gasteiger partial charge on any atom is 0.152 e. The van der Waals surface area contributed by atoms with Gasteiger partial charge >= 0.3 is 0 Å². The van der Waals surface area contributed by atoms with Crippen LogP contribution in [0.1, 0.15) is 0 Å². The Bertz CT molecular complexity index is 1520. The van der Waals surface area contributed by atoms with Gasteiger partial charge in [0.1, 0.15) is 28.7 Å². The Morgan fingerprint density at radius 1 is 0.533 bits per heavy atom. The molecule has 0 amide bonds. The predicted molar refractivity (Wildman–Crippen MR) is 121 cm³/mol. The number of ether oxygens (including phenoxy) is 3. The molecule has 142 valence electrons. The number of para-hydroxylation sites is 2. The zero-order valence-corrected chi connectivity index (χ0v) is 17.2. The van der Waals surface area contributed by atoms with E-state index in [0.29, 0.717) is 0 Å². The Kier molecular flexibility index (Phi) is 2.54. The van der Waals surface area contributed by atoms with Crippen molar-refractivity contribution >= 4 is 50.8 Å². The normalized spacial score (nSPS) is 19.7. The molecule has 0 saturated carbocycles. The van der Waals surface area contributed by atoms with Crippen LogP contribution in [-0.2, 0) is 11.8 Å². The van der Waals surface area contributed by atoms with Crippen molar-refractivity contribution in [1.82, 2.24) is 0 Å². The van der Waals surface area contributed by atoms with Crippen LogP contribution in [0.4, 0.5) is 17.1 Å². The lowest BCUT2D eigenvalue weighted by Gasteiger charge is -2.47. The van der Waals surface area contributed by atoms with Gasteiger partial charge in [0, 0.05) is 0 Å². The first-order valence-electron chi connectivity index (χ1n) is 9.73. The largest absolute Gasteiger partial charge is 0.456 e. The van der Waals surface area contributed by atoms with Crippen molar-refractivity contribution in [1.29, 1.82) is 0 Å². The first-order chi connectivity index (χ1) is 14.7. The van der Waals surface area contributed by atoms with Crippen LogP contribution in [0, 0.1) is 0 Å². The van der Waals surface area contributed by atoms with E-state index in [-0.39, 0.29) is 0 Å². The van der Waals surface area contributed by atoms with E-state index < -0.39 is 6.04 Å². The van der Waals surface area contributed by atoms with Crippen molar-refractivity contribution in [3.63, 3.8) is 0 Å². The Morgan fingerprint density at radius 3 is 1.93 bits per heavy atom. The quantitative estimate of drug-likeness (QED) is 0.298. The minimum absolute atomic E-state index is 0.800. The van der Waals surface area contributed by atoms with Crippen LogP contribution in [0.15, 0.2) is 72.8 Å². The highest BCUT2D eigenvalue weighted by atomic mass is 32.4. The van der Waals surface area contributed by atoms with Gasteiger partial charge in [-0.05, 0) is 48.5 Å². The molecule has 0 aromatic heterocycles. The zero-order chi connectivity index (χ0) is 19.6. The van der Waals surface area contributed by atoms with Gasteiger partial charge < -0.3 is 19.1 Å². The molecule has 4 aliphatic heterocycles. The van der Waals surface area contributed by atoms with Crippen LogP contribution < -0.4 is 35.0 Å². The van der Waals surface area contributed by atoms with Gasteiger partial charge in [-0.2, -0.15) is 0 Å². The summed E-state index contributed by atoms with van der Waals surface area (Å²) >= 11 is 6.64. The van der Waals surface area contributed by atoms with Crippen LogP contribution in [0.5, 0.6) is 34.5 Å². The van der Waals surface area contributed by atoms with E-state index in [9.17, 15) is 0 Å². The van der Waals surface area contributed by atoms with Crippen molar-refractivity contribution in [3.8, 4) is 34.5 Å². The van der Waals surface area contributed by atoms with Crippen molar-refractivity contribution in [2.24, 2.45) is 0 Å². The predicted octanol–water partition coefficient (Wildman–Crippen LogP) is 5.54. The first kappa shape index (κ1) is 15.6. The molecule has 6 heteroatoms. The molecular weight excluding hydrogens is 413 g/mol. The molecule has 4 aromatic rings. The molecule has 4 aliphatic rings. The number of hydrogen-bond donors (Lipinski definition) is 0. The monoisotopic (exact) mass is 425 g/mol. The van der Waals surface area contributed by atoms with Gasteiger partial charge in [-0.15, -0.1) is 0 Å². The lowest BCUT2D eigenvalue weighted by molar-refractivity contribution is 0.459.